The minimum Gasteiger partial charge on any atom is -0.481 e. The van der Waals surface area contributed by atoms with E-state index in [1.165, 1.54) is 0 Å². The molecule has 0 aliphatic carbocycles. The summed E-state index contributed by atoms with van der Waals surface area (Å²) in [7, 11) is 0. The van der Waals surface area contributed by atoms with Gasteiger partial charge in [-0.25, -0.2) is 0 Å². The number of carboxylic acids is 1. The van der Waals surface area contributed by atoms with Crippen LogP contribution >= 0.6 is 0 Å². The summed E-state index contributed by atoms with van der Waals surface area (Å²) in [6.45, 7) is 8.20. The van der Waals surface area contributed by atoms with E-state index in [4.69, 9.17) is 0 Å². The van der Waals surface area contributed by atoms with E-state index in [-0.39, 0.29) is 5.92 Å². The van der Waals surface area contributed by atoms with E-state index >= 15 is 0 Å². The third-order valence-electron chi connectivity index (χ3n) is 3.67. The second-order valence-electron chi connectivity index (χ2n) is 5.88. The van der Waals surface area contributed by atoms with Gasteiger partial charge >= 0.3 is 5.97 Å². The molecule has 1 atom stereocenters. The Bertz CT molecular complexity index is 381. The van der Waals surface area contributed by atoms with Gasteiger partial charge in [-0.05, 0) is 30.2 Å². The third-order valence-corrected chi connectivity index (χ3v) is 3.67. The summed E-state index contributed by atoms with van der Waals surface area (Å²) < 4.78 is 0. The van der Waals surface area contributed by atoms with Crippen LogP contribution in [0.15, 0.2) is 30.3 Å². The lowest BCUT2D eigenvalue weighted by Gasteiger charge is -2.35. The molecule has 0 spiro atoms. The Morgan fingerprint density at radius 3 is 2.11 bits per heavy atom. The van der Waals surface area contributed by atoms with Crippen molar-refractivity contribution in [1.29, 1.82) is 0 Å². The van der Waals surface area contributed by atoms with E-state index in [0.717, 1.165) is 12.0 Å². The van der Waals surface area contributed by atoms with E-state index in [0.29, 0.717) is 12.3 Å². The molecule has 0 fully saturated rings. The highest BCUT2D eigenvalue weighted by atomic mass is 16.4. The number of hydrogen-bond donors (Lipinski definition) is 1. The SMILES string of the molecule is CC(C)CC(Cc1ccccc1)(C(=O)O)C(C)C. The van der Waals surface area contributed by atoms with Gasteiger partial charge in [0.15, 0.2) is 0 Å². The van der Waals surface area contributed by atoms with Crippen LogP contribution in [0.25, 0.3) is 0 Å². The molecule has 2 heteroatoms. The van der Waals surface area contributed by atoms with Gasteiger partial charge in [0.2, 0.25) is 0 Å². The lowest BCUT2D eigenvalue weighted by molar-refractivity contribution is -0.153. The van der Waals surface area contributed by atoms with Gasteiger partial charge in [-0.1, -0.05) is 58.0 Å². The Hall–Kier alpha value is -1.31. The highest BCUT2D eigenvalue weighted by molar-refractivity contribution is 5.75. The van der Waals surface area contributed by atoms with Gasteiger partial charge in [0.25, 0.3) is 0 Å². The first-order valence-electron chi connectivity index (χ1n) is 6.66. The van der Waals surface area contributed by atoms with Crippen LogP contribution < -0.4 is 0 Å². The lowest BCUT2D eigenvalue weighted by Crippen LogP contribution is -2.39. The molecular formula is C16H24O2. The van der Waals surface area contributed by atoms with Crippen molar-refractivity contribution in [3.05, 3.63) is 35.9 Å². The van der Waals surface area contributed by atoms with E-state index in [1.54, 1.807) is 0 Å². The first kappa shape index (κ1) is 14.7. The van der Waals surface area contributed by atoms with Crippen LogP contribution in [-0.4, -0.2) is 11.1 Å². The van der Waals surface area contributed by atoms with Crippen LogP contribution in [0.2, 0.25) is 0 Å². The Labute approximate surface area is 110 Å². The summed E-state index contributed by atoms with van der Waals surface area (Å²) in [5.74, 6) is -0.167. The fourth-order valence-electron chi connectivity index (χ4n) is 2.61. The number of hydrogen-bond acceptors (Lipinski definition) is 1. The Morgan fingerprint density at radius 1 is 1.17 bits per heavy atom. The molecule has 1 rings (SSSR count). The molecule has 0 heterocycles. The number of carbonyl (C=O) groups is 1. The van der Waals surface area contributed by atoms with Gasteiger partial charge in [-0.15, -0.1) is 0 Å². The van der Waals surface area contributed by atoms with Crippen molar-refractivity contribution in [1.82, 2.24) is 0 Å². The van der Waals surface area contributed by atoms with Gasteiger partial charge in [-0.3, -0.25) is 4.79 Å². The highest BCUT2D eigenvalue weighted by Gasteiger charge is 2.41. The molecule has 1 aromatic rings. The van der Waals surface area contributed by atoms with Crippen LogP contribution in [0.1, 0.15) is 39.7 Å². The molecule has 18 heavy (non-hydrogen) atoms. The first-order valence-corrected chi connectivity index (χ1v) is 6.66. The molecule has 0 aromatic heterocycles. The average molecular weight is 248 g/mol. The first-order chi connectivity index (χ1) is 8.38. The summed E-state index contributed by atoms with van der Waals surface area (Å²) in [4.78, 5) is 11.8. The molecule has 1 N–H and O–H groups in total. The smallest absolute Gasteiger partial charge is 0.310 e. The standard InChI is InChI=1S/C16H24O2/c1-12(2)10-16(13(3)4,15(17)18)11-14-8-6-5-7-9-14/h5-9,12-13H,10-11H2,1-4H3,(H,17,18). The molecule has 2 nitrogen and oxygen atoms in total. The summed E-state index contributed by atoms with van der Waals surface area (Å²) in [6.07, 6.45) is 1.33. The molecule has 0 aliphatic rings. The van der Waals surface area contributed by atoms with E-state index in [1.807, 2.05) is 44.2 Å². The van der Waals surface area contributed by atoms with Gasteiger partial charge in [0, 0.05) is 0 Å². The van der Waals surface area contributed by atoms with Crippen LogP contribution in [0.4, 0.5) is 0 Å². The van der Waals surface area contributed by atoms with Crippen molar-refractivity contribution in [2.45, 2.75) is 40.5 Å². The lowest BCUT2D eigenvalue weighted by atomic mass is 9.68. The zero-order valence-corrected chi connectivity index (χ0v) is 11.8. The fourth-order valence-corrected chi connectivity index (χ4v) is 2.61. The molecule has 0 saturated carbocycles. The van der Waals surface area contributed by atoms with Gasteiger partial charge in [-0.2, -0.15) is 0 Å². The topological polar surface area (TPSA) is 37.3 Å². The normalized spacial score (nSPS) is 14.8. The molecule has 1 aromatic carbocycles. The summed E-state index contributed by atoms with van der Waals surface area (Å²) >= 11 is 0. The minimum atomic E-state index is -0.671. The molecular weight excluding hydrogens is 224 g/mol. The van der Waals surface area contributed by atoms with Crippen molar-refractivity contribution in [2.24, 2.45) is 17.3 Å². The van der Waals surface area contributed by atoms with Gasteiger partial charge in [0.05, 0.1) is 5.41 Å². The molecule has 100 valence electrons. The van der Waals surface area contributed by atoms with Gasteiger partial charge in [0.1, 0.15) is 0 Å². The van der Waals surface area contributed by atoms with Crippen molar-refractivity contribution in [3.8, 4) is 0 Å². The highest BCUT2D eigenvalue weighted by Crippen LogP contribution is 2.38. The van der Waals surface area contributed by atoms with E-state index in [9.17, 15) is 9.90 Å². The largest absolute Gasteiger partial charge is 0.481 e. The zero-order chi connectivity index (χ0) is 13.8. The number of rotatable bonds is 6. The fraction of sp³-hybridized carbons (Fsp3) is 0.562. The zero-order valence-electron chi connectivity index (χ0n) is 11.8. The van der Waals surface area contributed by atoms with Crippen LogP contribution in [0, 0.1) is 17.3 Å². The third kappa shape index (κ3) is 3.34. The maximum atomic E-state index is 11.8. The van der Waals surface area contributed by atoms with E-state index < -0.39 is 11.4 Å². The molecule has 0 saturated heterocycles. The monoisotopic (exact) mass is 248 g/mol. The second-order valence-corrected chi connectivity index (χ2v) is 5.88. The maximum Gasteiger partial charge on any atom is 0.310 e. The predicted octanol–water partition coefficient (Wildman–Crippen LogP) is 4.00. The quantitative estimate of drug-likeness (QED) is 0.826. The molecule has 0 radical (unpaired) electrons. The Morgan fingerprint density at radius 2 is 1.72 bits per heavy atom. The average Bonchev–Trinajstić information content (AvgIpc) is 2.28. The summed E-state index contributed by atoms with van der Waals surface area (Å²) in [5.41, 5.74) is 0.449. The van der Waals surface area contributed by atoms with Crippen molar-refractivity contribution in [3.63, 3.8) is 0 Å². The van der Waals surface area contributed by atoms with Crippen LogP contribution in [0.5, 0.6) is 0 Å². The van der Waals surface area contributed by atoms with E-state index in [2.05, 4.69) is 13.8 Å². The minimum absolute atomic E-state index is 0.123. The number of aliphatic carboxylic acids is 1. The van der Waals surface area contributed by atoms with Gasteiger partial charge < -0.3 is 5.11 Å². The Kier molecular flexibility index (Phi) is 4.94. The maximum absolute atomic E-state index is 11.8. The molecule has 0 aliphatic heterocycles. The number of benzene rings is 1. The van der Waals surface area contributed by atoms with Crippen molar-refractivity contribution < 1.29 is 9.90 Å². The summed E-state index contributed by atoms with van der Waals surface area (Å²) in [5, 5.41) is 9.70. The predicted molar refractivity (Wildman–Crippen MR) is 74.5 cm³/mol. The van der Waals surface area contributed by atoms with Crippen LogP contribution in [0.3, 0.4) is 0 Å². The molecule has 1 unspecified atom stereocenters. The number of carboxylic acid groups (broad SMARTS) is 1. The molecule has 0 amide bonds. The second kappa shape index (κ2) is 6.03. The van der Waals surface area contributed by atoms with Crippen LogP contribution in [-0.2, 0) is 11.2 Å². The van der Waals surface area contributed by atoms with Crippen molar-refractivity contribution in [2.75, 3.05) is 0 Å². The summed E-state index contributed by atoms with van der Waals surface area (Å²) in [6, 6.07) is 9.93. The van der Waals surface area contributed by atoms with Crippen molar-refractivity contribution >= 4 is 5.97 Å². The molecule has 0 bridgehead atoms. The Balaban J connectivity index is 3.06.